The Morgan fingerprint density at radius 3 is 2.21 bits per heavy atom. The Hall–Kier alpha value is -0.550. The minimum absolute atomic E-state index is 0.846. The minimum atomic E-state index is 0.846. The highest BCUT2D eigenvalue weighted by Crippen LogP contribution is 2.20. The molecule has 2 fully saturated rings. The number of hydrogen-bond donors (Lipinski definition) is 0. The van der Waals surface area contributed by atoms with Crippen molar-refractivity contribution in [1.29, 1.82) is 0 Å². The van der Waals surface area contributed by atoms with Crippen LogP contribution < -0.4 is 0 Å². The van der Waals surface area contributed by atoms with Crippen LogP contribution in [0, 0.1) is 0 Å². The van der Waals surface area contributed by atoms with Crippen molar-refractivity contribution in [3.8, 4) is 0 Å². The van der Waals surface area contributed by atoms with E-state index >= 15 is 0 Å². The van der Waals surface area contributed by atoms with E-state index in [0.717, 1.165) is 6.04 Å². The highest BCUT2D eigenvalue weighted by Gasteiger charge is 2.26. The highest BCUT2D eigenvalue weighted by atomic mass is 32.2. The van der Waals surface area contributed by atoms with Gasteiger partial charge in [-0.15, -0.1) is 11.8 Å². The van der Waals surface area contributed by atoms with E-state index in [-0.39, 0.29) is 0 Å². The summed E-state index contributed by atoms with van der Waals surface area (Å²) in [6.07, 6.45) is 4.05. The predicted octanol–water partition coefficient (Wildman–Crippen LogP) is 3.27. The van der Waals surface area contributed by atoms with Gasteiger partial charge in [0.1, 0.15) is 0 Å². The second-order valence-corrected chi connectivity index (χ2v) is 8.28. The first kappa shape index (κ1) is 18.2. The third-order valence-corrected chi connectivity index (χ3v) is 6.43. The average molecular weight is 348 g/mol. The van der Waals surface area contributed by atoms with Crippen LogP contribution in [0.5, 0.6) is 0 Å². The molecule has 3 rings (SSSR count). The molecule has 0 unspecified atom stereocenters. The van der Waals surface area contributed by atoms with Gasteiger partial charge in [0.2, 0.25) is 0 Å². The largest absolute Gasteiger partial charge is 0.303 e. The molecule has 1 aromatic rings. The Bertz CT molecular complexity index is 451. The normalized spacial score (nSPS) is 22.0. The van der Waals surface area contributed by atoms with Gasteiger partial charge in [0, 0.05) is 49.4 Å². The van der Waals surface area contributed by atoms with Crippen LogP contribution in [0.2, 0.25) is 0 Å². The standard InChI is InChI=1S/C20H33N3S/c1-2-10-21-11-8-19(9-12-21)23-15-13-22(14-16-23)17-18-24-20-6-4-3-5-7-20/h3-7,19H,2,8-18H2,1H3. The molecule has 0 radical (unpaired) electrons. The van der Waals surface area contributed by atoms with Crippen molar-refractivity contribution >= 4 is 11.8 Å². The number of piperazine rings is 1. The molecule has 0 amide bonds. The molecule has 0 N–H and O–H groups in total. The van der Waals surface area contributed by atoms with Crippen molar-refractivity contribution in [2.45, 2.75) is 37.1 Å². The molecule has 2 aliphatic rings. The lowest BCUT2D eigenvalue weighted by Crippen LogP contribution is -2.53. The number of benzene rings is 1. The van der Waals surface area contributed by atoms with Crippen molar-refractivity contribution < 1.29 is 0 Å². The van der Waals surface area contributed by atoms with Gasteiger partial charge in [-0.1, -0.05) is 25.1 Å². The third-order valence-electron chi connectivity index (χ3n) is 5.44. The van der Waals surface area contributed by atoms with E-state index in [2.05, 4.69) is 52.0 Å². The van der Waals surface area contributed by atoms with Gasteiger partial charge in [-0.05, 0) is 51.0 Å². The molecule has 2 saturated heterocycles. The number of thioether (sulfide) groups is 1. The van der Waals surface area contributed by atoms with E-state index in [1.54, 1.807) is 0 Å². The van der Waals surface area contributed by atoms with Gasteiger partial charge in [0.15, 0.2) is 0 Å². The van der Waals surface area contributed by atoms with Gasteiger partial charge in [0.25, 0.3) is 0 Å². The maximum absolute atomic E-state index is 2.77. The van der Waals surface area contributed by atoms with Crippen molar-refractivity contribution in [2.75, 3.05) is 58.1 Å². The van der Waals surface area contributed by atoms with Crippen LogP contribution in [0.4, 0.5) is 0 Å². The Balaban J connectivity index is 1.31. The fourth-order valence-corrected chi connectivity index (χ4v) is 4.92. The lowest BCUT2D eigenvalue weighted by molar-refractivity contribution is 0.0616. The molecule has 24 heavy (non-hydrogen) atoms. The summed E-state index contributed by atoms with van der Waals surface area (Å²) in [5.74, 6) is 1.21. The maximum atomic E-state index is 2.77. The zero-order valence-electron chi connectivity index (χ0n) is 15.2. The van der Waals surface area contributed by atoms with Gasteiger partial charge in [-0.25, -0.2) is 0 Å². The number of hydrogen-bond acceptors (Lipinski definition) is 4. The number of rotatable bonds is 7. The second-order valence-electron chi connectivity index (χ2n) is 7.11. The zero-order chi connectivity index (χ0) is 16.6. The van der Waals surface area contributed by atoms with Crippen LogP contribution in [-0.4, -0.2) is 78.9 Å². The Labute approximate surface area is 152 Å². The van der Waals surface area contributed by atoms with Crippen LogP contribution in [0.3, 0.4) is 0 Å². The zero-order valence-corrected chi connectivity index (χ0v) is 16.0. The van der Waals surface area contributed by atoms with Crippen molar-refractivity contribution in [3.63, 3.8) is 0 Å². The molecule has 2 aliphatic heterocycles. The van der Waals surface area contributed by atoms with Gasteiger partial charge >= 0.3 is 0 Å². The van der Waals surface area contributed by atoms with Crippen molar-refractivity contribution in [1.82, 2.24) is 14.7 Å². The van der Waals surface area contributed by atoms with Gasteiger partial charge in [-0.3, -0.25) is 9.80 Å². The molecule has 0 aliphatic carbocycles. The van der Waals surface area contributed by atoms with Crippen LogP contribution in [-0.2, 0) is 0 Å². The van der Waals surface area contributed by atoms with Crippen LogP contribution >= 0.6 is 11.8 Å². The fraction of sp³-hybridized carbons (Fsp3) is 0.700. The molecule has 0 atom stereocenters. The summed E-state index contributed by atoms with van der Waals surface area (Å²) >= 11 is 1.99. The third kappa shape index (κ3) is 5.48. The van der Waals surface area contributed by atoms with Crippen molar-refractivity contribution in [2.24, 2.45) is 0 Å². The lowest BCUT2D eigenvalue weighted by atomic mass is 10.0. The molecule has 0 bridgehead atoms. The van der Waals surface area contributed by atoms with Crippen LogP contribution in [0.1, 0.15) is 26.2 Å². The van der Waals surface area contributed by atoms with E-state index in [4.69, 9.17) is 0 Å². The van der Waals surface area contributed by atoms with Gasteiger partial charge in [-0.2, -0.15) is 0 Å². The van der Waals surface area contributed by atoms with E-state index in [1.807, 2.05) is 11.8 Å². The molecule has 0 saturated carbocycles. The van der Waals surface area contributed by atoms with Crippen LogP contribution in [0.25, 0.3) is 0 Å². The molecule has 2 heterocycles. The molecular weight excluding hydrogens is 314 g/mol. The number of nitrogens with zero attached hydrogens (tertiary/aromatic N) is 3. The van der Waals surface area contributed by atoms with E-state index < -0.39 is 0 Å². The first-order valence-corrected chi connectivity index (χ1v) is 10.7. The Morgan fingerprint density at radius 2 is 1.54 bits per heavy atom. The van der Waals surface area contributed by atoms with Gasteiger partial charge in [0.05, 0.1) is 0 Å². The molecular formula is C20H33N3S. The monoisotopic (exact) mass is 347 g/mol. The van der Waals surface area contributed by atoms with E-state index in [0.29, 0.717) is 0 Å². The second kappa shape index (κ2) is 9.81. The summed E-state index contributed by atoms with van der Waals surface area (Å²) in [7, 11) is 0. The predicted molar refractivity (Wildman–Crippen MR) is 105 cm³/mol. The SMILES string of the molecule is CCCN1CCC(N2CCN(CCSc3ccccc3)CC2)CC1. The maximum Gasteiger partial charge on any atom is 0.0121 e. The summed E-state index contributed by atoms with van der Waals surface area (Å²) in [5.41, 5.74) is 0. The lowest BCUT2D eigenvalue weighted by Gasteiger charge is -2.42. The van der Waals surface area contributed by atoms with Crippen LogP contribution in [0.15, 0.2) is 35.2 Å². The summed E-state index contributed by atoms with van der Waals surface area (Å²) in [6.45, 7) is 12.5. The molecule has 134 valence electrons. The summed E-state index contributed by atoms with van der Waals surface area (Å²) in [5, 5.41) is 0. The Kier molecular flexibility index (Phi) is 7.46. The summed E-state index contributed by atoms with van der Waals surface area (Å²) in [4.78, 5) is 9.46. The smallest absolute Gasteiger partial charge is 0.0121 e. The molecule has 3 nitrogen and oxygen atoms in total. The molecule has 0 spiro atoms. The van der Waals surface area contributed by atoms with E-state index in [9.17, 15) is 0 Å². The summed E-state index contributed by atoms with van der Waals surface area (Å²) < 4.78 is 0. The number of piperidine rings is 1. The molecule has 4 heteroatoms. The first-order valence-electron chi connectivity index (χ1n) is 9.72. The minimum Gasteiger partial charge on any atom is -0.303 e. The fourth-order valence-electron chi connectivity index (χ4n) is 3.99. The quantitative estimate of drug-likeness (QED) is 0.700. The highest BCUT2D eigenvalue weighted by molar-refractivity contribution is 7.99. The average Bonchev–Trinajstić information content (AvgIpc) is 2.64. The first-order chi connectivity index (χ1) is 11.8. The molecule has 0 aromatic heterocycles. The summed E-state index contributed by atoms with van der Waals surface area (Å²) in [6, 6.07) is 11.6. The topological polar surface area (TPSA) is 9.72 Å². The van der Waals surface area contributed by atoms with Gasteiger partial charge < -0.3 is 4.90 Å². The van der Waals surface area contributed by atoms with E-state index in [1.165, 1.54) is 82.3 Å². The van der Waals surface area contributed by atoms with Crippen molar-refractivity contribution in [3.05, 3.63) is 30.3 Å². The molecule has 1 aromatic carbocycles. The number of likely N-dealkylation sites (tertiary alicyclic amines) is 1. The Morgan fingerprint density at radius 1 is 0.875 bits per heavy atom.